The Morgan fingerprint density at radius 2 is 2.00 bits per heavy atom. The zero-order valence-electron chi connectivity index (χ0n) is 12.7. The van der Waals surface area contributed by atoms with Crippen molar-refractivity contribution in [2.75, 3.05) is 24.6 Å². The first-order valence-electron chi connectivity index (χ1n) is 7.65. The van der Waals surface area contributed by atoms with Crippen LogP contribution in [-0.4, -0.2) is 35.4 Å². The Labute approximate surface area is 136 Å². The smallest absolute Gasteiger partial charge is 0.352 e. The number of halogens is 2. The van der Waals surface area contributed by atoms with Gasteiger partial charge in [-0.3, -0.25) is 4.57 Å². The van der Waals surface area contributed by atoms with E-state index in [2.05, 4.69) is 9.88 Å². The molecule has 0 N–H and O–H groups in total. The summed E-state index contributed by atoms with van der Waals surface area (Å²) in [6.07, 6.45) is -0.00668. The molecule has 0 spiro atoms. The average molecular weight is 335 g/mol. The zero-order chi connectivity index (χ0) is 16.7. The summed E-state index contributed by atoms with van der Waals surface area (Å²) in [6.45, 7) is 2.41. The van der Waals surface area contributed by atoms with E-state index in [9.17, 15) is 13.6 Å². The van der Waals surface area contributed by atoms with Crippen LogP contribution in [0, 0.1) is 11.6 Å². The lowest BCUT2D eigenvalue weighted by Gasteiger charge is -2.40. The molecule has 6 nitrogen and oxygen atoms in total. The zero-order valence-corrected chi connectivity index (χ0v) is 12.7. The molecule has 1 atom stereocenters. The van der Waals surface area contributed by atoms with E-state index in [0.29, 0.717) is 25.3 Å². The van der Waals surface area contributed by atoms with Crippen molar-refractivity contribution in [2.24, 2.45) is 0 Å². The molecule has 0 saturated carbocycles. The molecule has 2 aliphatic rings. The van der Waals surface area contributed by atoms with Gasteiger partial charge in [-0.15, -0.1) is 0 Å². The lowest BCUT2D eigenvalue weighted by molar-refractivity contribution is 0.0195. The lowest BCUT2D eigenvalue weighted by atomic mass is 10.2. The van der Waals surface area contributed by atoms with Crippen LogP contribution in [0.3, 0.4) is 0 Å². The summed E-state index contributed by atoms with van der Waals surface area (Å²) in [6, 6.07) is 4.84. The highest BCUT2D eigenvalue weighted by molar-refractivity contribution is 5.44. The summed E-state index contributed by atoms with van der Waals surface area (Å²) in [5.74, 6) is -0.478. The van der Waals surface area contributed by atoms with Gasteiger partial charge in [-0.05, 0) is 17.7 Å². The summed E-state index contributed by atoms with van der Waals surface area (Å²) >= 11 is 0. The molecule has 8 heteroatoms. The van der Waals surface area contributed by atoms with E-state index in [1.54, 1.807) is 10.6 Å². The second kappa shape index (κ2) is 5.86. The molecule has 1 fully saturated rings. The SMILES string of the molecule is O=c1nc(OCc2cc(F)cc(F)c2)cc2n1C[C@@H]1CN2CCO1. The van der Waals surface area contributed by atoms with Crippen molar-refractivity contribution in [1.82, 2.24) is 9.55 Å². The molecular formula is C16H15F2N3O3. The second-order valence-corrected chi connectivity index (χ2v) is 5.85. The standard InChI is InChI=1S/C16H15F2N3O3/c17-11-3-10(4-12(18)5-11)9-24-14-6-15-20-1-2-23-13(7-20)8-21(15)16(22)19-14/h3-6,13H,1-2,7-9H2/t13-/m0/s1. The Bertz CT molecular complexity index is 820. The number of ether oxygens (including phenoxy) is 2. The molecule has 0 radical (unpaired) electrons. The molecule has 1 aromatic carbocycles. The maximum absolute atomic E-state index is 13.2. The van der Waals surface area contributed by atoms with Gasteiger partial charge in [0, 0.05) is 25.2 Å². The van der Waals surface area contributed by atoms with Crippen molar-refractivity contribution >= 4 is 5.82 Å². The molecule has 0 amide bonds. The predicted octanol–water partition coefficient (Wildman–Crippen LogP) is 1.32. The lowest BCUT2D eigenvalue weighted by Crippen LogP contribution is -2.52. The minimum absolute atomic E-state index is 0.00668. The van der Waals surface area contributed by atoms with Crippen molar-refractivity contribution < 1.29 is 18.3 Å². The Kier molecular flexibility index (Phi) is 3.68. The fourth-order valence-corrected chi connectivity index (χ4v) is 3.07. The maximum Gasteiger partial charge on any atom is 0.352 e. The largest absolute Gasteiger partial charge is 0.473 e. The summed E-state index contributed by atoms with van der Waals surface area (Å²) in [7, 11) is 0. The van der Waals surface area contributed by atoms with Gasteiger partial charge in [0.2, 0.25) is 5.88 Å². The highest BCUT2D eigenvalue weighted by Crippen LogP contribution is 2.25. The molecular weight excluding hydrogens is 320 g/mol. The maximum atomic E-state index is 13.2. The number of aromatic nitrogens is 2. The van der Waals surface area contributed by atoms with Gasteiger partial charge in [0.05, 0.1) is 19.3 Å². The fraction of sp³-hybridized carbons (Fsp3) is 0.375. The van der Waals surface area contributed by atoms with Gasteiger partial charge in [0.15, 0.2) is 0 Å². The van der Waals surface area contributed by atoms with Gasteiger partial charge < -0.3 is 14.4 Å². The monoisotopic (exact) mass is 335 g/mol. The number of hydrogen-bond donors (Lipinski definition) is 0. The summed E-state index contributed by atoms with van der Waals surface area (Å²) in [4.78, 5) is 18.1. The second-order valence-electron chi connectivity index (χ2n) is 5.85. The van der Waals surface area contributed by atoms with Gasteiger partial charge in [0.25, 0.3) is 0 Å². The molecule has 24 heavy (non-hydrogen) atoms. The van der Waals surface area contributed by atoms with Crippen molar-refractivity contribution in [1.29, 1.82) is 0 Å². The van der Waals surface area contributed by atoms with Gasteiger partial charge in [-0.2, -0.15) is 4.98 Å². The summed E-state index contributed by atoms with van der Waals surface area (Å²) in [5.41, 5.74) is -0.0910. The van der Waals surface area contributed by atoms with E-state index in [4.69, 9.17) is 9.47 Å². The van der Waals surface area contributed by atoms with Crippen LogP contribution in [0.5, 0.6) is 5.88 Å². The molecule has 126 valence electrons. The summed E-state index contributed by atoms with van der Waals surface area (Å²) in [5, 5.41) is 0. The van der Waals surface area contributed by atoms with E-state index in [1.807, 2.05) is 0 Å². The Morgan fingerprint density at radius 3 is 2.79 bits per heavy atom. The van der Waals surface area contributed by atoms with Gasteiger partial charge in [0.1, 0.15) is 24.1 Å². The fourth-order valence-electron chi connectivity index (χ4n) is 3.07. The Hall–Kier alpha value is -2.48. The Morgan fingerprint density at radius 1 is 1.21 bits per heavy atom. The first-order chi connectivity index (χ1) is 11.6. The topological polar surface area (TPSA) is 56.6 Å². The predicted molar refractivity (Wildman–Crippen MR) is 81.1 cm³/mol. The van der Waals surface area contributed by atoms with Crippen LogP contribution < -0.4 is 15.3 Å². The minimum atomic E-state index is -0.675. The number of hydrogen-bond acceptors (Lipinski definition) is 5. The van der Waals surface area contributed by atoms with E-state index < -0.39 is 17.3 Å². The molecule has 2 aliphatic heterocycles. The molecule has 3 heterocycles. The number of nitrogens with zero attached hydrogens (tertiary/aromatic N) is 3. The minimum Gasteiger partial charge on any atom is -0.473 e. The van der Waals surface area contributed by atoms with Crippen LogP contribution in [0.15, 0.2) is 29.1 Å². The normalized spacial score (nSPS) is 19.1. The van der Waals surface area contributed by atoms with Crippen LogP contribution in [0.4, 0.5) is 14.6 Å². The van der Waals surface area contributed by atoms with Crippen molar-refractivity contribution in [3.8, 4) is 5.88 Å². The molecule has 2 aromatic rings. The number of fused-ring (bicyclic) bond motifs is 4. The third-order valence-electron chi connectivity index (χ3n) is 4.12. The molecule has 0 unspecified atom stereocenters. The highest BCUT2D eigenvalue weighted by Gasteiger charge is 2.30. The number of benzene rings is 1. The van der Waals surface area contributed by atoms with Gasteiger partial charge >= 0.3 is 5.69 Å². The van der Waals surface area contributed by atoms with Crippen LogP contribution in [-0.2, 0) is 17.9 Å². The highest BCUT2D eigenvalue weighted by atomic mass is 19.1. The third kappa shape index (κ3) is 2.84. The van der Waals surface area contributed by atoms with E-state index in [-0.39, 0.29) is 18.6 Å². The molecule has 1 aromatic heterocycles. The van der Waals surface area contributed by atoms with Crippen molar-refractivity contribution in [3.63, 3.8) is 0 Å². The first kappa shape index (κ1) is 15.1. The average Bonchev–Trinajstić information content (AvgIpc) is 2.54. The van der Waals surface area contributed by atoms with E-state index in [1.165, 1.54) is 12.1 Å². The van der Waals surface area contributed by atoms with Crippen LogP contribution >= 0.6 is 0 Å². The van der Waals surface area contributed by atoms with Gasteiger partial charge in [-0.25, -0.2) is 13.6 Å². The summed E-state index contributed by atoms with van der Waals surface area (Å²) < 4.78 is 39.0. The molecule has 1 saturated heterocycles. The number of anilines is 1. The number of rotatable bonds is 3. The molecule has 4 rings (SSSR count). The van der Waals surface area contributed by atoms with Crippen LogP contribution in [0.25, 0.3) is 0 Å². The van der Waals surface area contributed by atoms with Crippen LogP contribution in [0.2, 0.25) is 0 Å². The Balaban J connectivity index is 1.58. The molecule has 0 aliphatic carbocycles. The van der Waals surface area contributed by atoms with Crippen LogP contribution in [0.1, 0.15) is 5.56 Å². The van der Waals surface area contributed by atoms with Gasteiger partial charge in [-0.1, -0.05) is 0 Å². The quantitative estimate of drug-likeness (QED) is 0.847. The number of morpholine rings is 1. The van der Waals surface area contributed by atoms with E-state index in [0.717, 1.165) is 18.4 Å². The van der Waals surface area contributed by atoms with E-state index >= 15 is 0 Å². The first-order valence-corrected chi connectivity index (χ1v) is 7.65. The van der Waals surface area contributed by atoms with Crippen molar-refractivity contribution in [2.45, 2.75) is 19.3 Å². The molecule has 2 bridgehead atoms. The third-order valence-corrected chi connectivity index (χ3v) is 4.12. The van der Waals surface area contributed by atoms with Crippen molar-refractivity contribution in [3.05, 3.63) is 51.9 Å².